The van der Waals surface area contributed by atoms with E-state index in [1.54, 1.807) is 0 Å². The van der Waals surface area contributed by atoms with E-state index in [-0.39, 0.29) is 19.4 Å². The Morgan fingerprint density at radius 1 is 0.600 bits per heavy atom. The molecule has 4 N–H and O–H groups in total. The summed E-state index contributed by atoms with van der Waals surface area (Å²) in [5, 5.41) is 30.8. The highest BCUT2D eigenvalue weighted by molar-refractivity contribution is 7.85. The van der Waals surface area contributed by atoms with Crippen LogP contribution in [0.2, 0.25) is 0 Å². The molecule has 0 saturated carbocycles. The molecule has 0 amide bonds. The Morgan fingerprint density at radius 3 is 1.55 bits per heavy atom. The molecule has 0 radical (unpaired) electrons. The second kappa shape index (κ2) is 33.4. The minimum absolute atomic E-state index is 0.168. The van der Waals surface area contributed by atoms with E-state index < -0.39 is 71.2 Å². The predicted octanol–water partition coefficient (Wildman–Crippen LogP) is 8.28. The quantitative estimate of drug-likeness (QED) is 0.0206. The van der Waals surface area contributed by atoms with Crippen molar-refractivity contribution < 1.29 is 56.8 Å². The maximum atomic E-state index is 12.8. The molecule has 0 aliphatic carbocycles. The van der Waals surface area contributed by atoms with Gasteiger partial charge in [0.1, 0.15) is 36.8 Å². The van der Waals surface area contributed by atoms with E-state index in [1.165, 1.54) is 89.9 Å². The molecule has 1 heterocycles. The highest BCUT2D eigenvalue weighted by Gasteiger charge is 2.46. The molecule has 2 unspecified atom stereocenters. The van der Waals surface area contributed by atoms with E-state index in [4.69, 9.17) is 18.9 Å². The molecular formula is C42H78O12S. The molecule has 1 aliphatic heterocycles. The molecule has 1 saturated heterocycles. The summed E-state index contributed by atoms with van der Waals surface area (Å²) in [6, 6.07) is 0. The van der Waals surface area contributed by atoms with Crippen LogP contribution in [0.3, 0.4) is 0 Å². The van der Waals surface area contributed by atoms with Crippen molar-refractivity contribution >= 4 is 22.1 Å². The fourth-order valence-electron chi connectivity index (χ4n) is 6.67. The van der Waals surface area contributed by atoms with Gasteiger partial charge in [0.2, 0.25) is 0 Å². The zero-order valence-corrected chi connectivity index (χ0v) is 35.1. The Morgan fingerprint density at radius 2 is 1.04 bits per heavy atom. The lowest BCUT2D eigenvalue weighted by atomic mass is 10.00. The maximum Gasteiger partial charge on any atom is 0.306 e. The van der Waals surface area contributed by atoms with Crippen LogP contribution in [0.15, 0.2) is 12.2 Å². The maximum absolute atomic E-state index is 12.8. The van der Waals surface area contributed by atoms with Crippen LogP contribution >= 0.6 is 0 Å². The summed E-state index contributed by atoms with van der Waals surface area (Å²) in [7, 11) is -4.60. The van der Waals surface area contributed by atoms with Crippen molar-refractivity contribution in [2.75, 3.05) is 19.0 Å². The molecule has 1 rings (SSSR count). The van der Waals surface area contributed by atoms with Gasteiger partial charge in [0.15, 0.2) is 12.4 Å². The third-order valence-electron chi connectivity index (χ3n) is 10.1. The molecule has 13 heteroatoms. The first-order chi connectivity index (χ1) is 26.5. The minimum atomic E-state index is -4.60. The number of esters is 2. The first-order valence-corrected chi connectivity index (χ1v) is 23.4. The van der Waals surface area contributed by atoms with Gasteiger partial charge in [-0.05, 0) is 38.5 Å². The topological polar surface area (TPSA) is 186 Å². The fourth-order valence-corrected chi connectivity index (χ4v) is 7.36. The number of rotatable bonds is 36. The van der Waals surface area contributed by atoms with Crippen LogP contribution in [-0.4, -0.2) is 96.0 Å². The molecule has 0 aromatic rings. The molecular weight excluding hydrogens is 729 g/mol. The van der Waals surface area contributed by atoms with E-state index in [9.17, 15) is 37.9 Å². The normalized spacial score (nSPS) is 20.9. The van der Waals surface area contributed by atoms with Crippen molar-refractivity contribution in [2.45, 2.75) is 224 Å². The first-order valence-electron chi connectivity index (χ1n) is 21.7. The zero-order valence-electron chi connectivity index (χ0n) is 34.3. The van der Waals surface area contributed by atoms with Crippen LogP contribution in [0.25, 0.3) is 0 Å². The van der Waals surface area contributed by atoms with Gasteiger partial charge in [0.25, 0.3) is 10.1 Å². The number of aliphatic hydroxyl groups is 3. The number of carbonyl (C=O) groups is 2. The van der Waals surface area contributed by atoms with E-state index in [2.05, 4.69) is 26.0 Å². The average Bonchev–Trinajstić information content (AvgIpc) is 3.14. The van der Waals surface area contributed by atoms with Gasteiger partial charge < -0.3 is 34.3 Å². The lowest BCUT2D eigenvalue weighted by molar-refractivity contribution is -0.297. The van der Waals surface area contributed by atoms with Crippen LogP contribution in [0.5, 0.6) is 0 Å². The highest BCUT2D eigenvalue weighted by Crippen LogP contribution is 2.24. The van der Waals surface area contributed by atoms with Crippen LogP contribution in [0, 0.1) is 0 Å². The molecule has 0 aromatic carbocycles. The van der Waals surface area contributed by atoms with E-state index in [0.29, 0.717) is 12.8 Å². The summed E-state index contributed by atoms with van der Waals surface area (Å²) < 4.78 is 53.9. The van der Waals surface area contributed by atoms with Crippen molar-refractivity contribution in [1.82, 2.24) is 0 Å². The SMILES string of the molecule is CCCCC/C=C/CCCCCCCC(=O)OC[C@H](CO[C@H]1O[C@H](CS(=O)(=O)O)[C@@H](O)C(O)C1O)OC(=O)CCCCCCCCCCCCCCCCC. The second-order valence-corrected chi connectivity index (χ2v) is 16.9. The monoisotopic (exact) mass is 807 g/mol. The van der Waals surface area contributed by atoms with Gasteiger partial charge in [-0.15, -0.1) is 0 Å². The Hall–Kier alpha value is -1.61. The van der Waals surface area contributed by atoms with Gasteiger partial charge in [-0.3, -0.25) is 14.1 Å². The third kappa shape index (κ3) is 28.4. The number of hydrogen-bond donors (Lipinski definition) is 4. The lowest BCUT2D eigenvalue weighted by Crippen LogP contribution is -2.60. The van der Waals surface area contributed by atoms with Gasteiger partial charge in [0, 0.05) is 12.8 Å². The summed E-state index contributed by atoms with van der Waals surface area (Å²) in [4.78, 5) is 25.3. The Labute approximate surface area is 333 Å². The van der Waals surface area contributed by atoms with E-state index in [1.807, 2.05) is 0 Å². The average molecular weight is 807 g/mol. The van der Waals surface area contributed by atoms with Crippen LogP contribution in [0.1, 0.15) is 187 Å². The van der Waals surface area contributed by atoms with Gasteiger partial charge in [0.05, 0.1) is 6.61 Å². The molecule has 55 heavy (non-hydrogen) atoms. The third-order valence-corrected chi connectivity index (χ3v) is 10.8. The summed E-state index contributed by atoms with van der Waals surface area (Å²) in [6.45, 7) is 3.73. The van der Waals surface area contributed by atoms with E-state index >= 15 is 0 Å². The second-order valence-electron chi connectivity index (χ2n) is 15.4. The Bertz CT molecular complexity index is 1080. The standard InChI is InChI=1S/C42H78O12S/c1-3-5-7-9-11-13-15-17-18-19-21-23-25-27-29-31-38(44)53-35(33-52-42-41(47)40(46)39(45)36(54-42)34-55(48,49)50)32-51-37(43)30-28-26-24-22-20-16-14-12-10-8-6-4-2/h12,14,35-36,39-42,45-47H,3-11,13,15-34H2,1-2H3,(H,48,49,50)/b14-12+/t35-,36-,39-,40?,41?,42+/m1/s1. The smallest absolute Gasteiger partial charge is 0.306 e. The van der Waals surface area contributed by atoms with Gasteiger partial charge >= 0.3 is 11.9 Å². The molecule has 12 nitrogen and oxygen atoms in total. The number of hydrogen-bond acceptors (Lipinski definition) is 11. The molecule has 0 aromatic heterocycles. The van der Waals surface area contributed by atoms with Crippen molar-refractivity contribution in [2.24, 2.45) is 0 Å². The van der Waals surface area contributed by atoms with Crippen LogP contribution in [-0.2, 0) is 38.7 Å². The fraction of sp³-hybridized carbons (Fsp3) is 0.905. The van der Waals surface area contributed by atoms with Crippen molar-refractivity contribution in [3.63, 3.8) is 0 Å². The summed E-state index contributed by atoms with van der Waals surface area (Å²) in [5.41, 5.74) is 0. The summed E-state index contributed by atoms with van der Waals surface area (Å²) in [6.07, 6.45) is 24.0. The predicted molar refractivity (Wildman–Crippen MR) is 215 cm³/mol. The zero-order chi connectivity index (χ0) is 40.6. The molecule has 1 aliphatic rings. The molecule has 0 spiro atoms. The Kier molecular flexibility index (Phi) is 31.2. The molecule has 1 fully saturated rings. The number of allylic oxidation sites excluding steroid dienone is 2. The number of unbranched alkanes of at least 4 members (excludes halogenated alkanes) is 22. The summed E-state index contributed by atoms with van der Waals surface area (Å²) in [5.74, 6) is -1.98. The van der Waals surface area contributed by atoms with Crippen LogP contribution in [0.4, 0.5) is 0 Å². The minimum Gasteiger partial charge on any atom is -0.462 e. The highest BCUT2D eigenvalue weighted by atomic mass is 32.2. The number of ether oxygens (including phenoxy) is 4. The molecule has 0 bridgehead atoms. The lowest BCUT2D eigenvalue weighted by Gasteiger charge is -2.40. The van der Waals surface area contributed by atoms with Crippen LogP contribution < -0.4 is 0 Å². The molecule has 6 atom stereocenters. The largest absolute Gasteiger partial charge is 0.462 e. The van der Waals surface area contributed by atoms with Gasteiger partial charge in [-0.2, -0.15) is 8.42 Å². The summed E-state index contributed by atoms with van der Waals surface area (Å²) >= 11 is 0. The molecule has 324 valence electrons. The number of carbonyl (C=O) groups excluding carboxylic acids is 2. The van der Waals surface area contributed by atoms with Crippen molar-refractivity contribution in [3.8, 4) is 0 Å². The Balaban J connectivity index is 2.46. The van der Waals surface area contributed by atoms with Crippen molar-refractivity contribution in [1.29, 1.82) is 0 Å². The van der Waals surface area contributed by atoms with Gasteiger partial charge in [-0.25, -0.2) is 0 Å². The first kappa shape index (κ1) is 51.4. The van der Waals surface area contributed by atoms with Gasteiger partial charge in [-0.1, -0.05) is 148 Å². The number of aliphatic hydroxyl groups excluding tert-OH is 3. The van der Waals surface area contributed by atoms with E-state index in [0.717, 1.165) is 57.8 Å². The van der Waals surface area contributed by atoms with Crippen molar-refractivity contribution in [3.05, 3.63) is 12.2 Å².